The first-order chi connectivity index (χ1) is 9.84. The number of nitrogens with zero attached hydrogens (tertiary/aromatic N) is 4. The second-order valence-corrected chi connectivity index (χ2v) is 5.74. The average Bonchev–Trinajstić information content (AvgIpc) is 3.13. The van der Waals surface area contributed by atoms with E-state index in [0.717, 1.165) is 24.6 Å². The molecule has 1 fully saturated rings. The van der Waals surface area contributed by atoms with Gasteiger partial charge in [0.1, 0.15) is 10.2 Å². The van der Waals surface area contributed by atoms with Gasteiger partial charge in [-0.25, -0.2) is 19.9 Å². The summed E-state index contributed by atoms with van der Waals surface area (Å²) in [5.74, 6) is -1.33. The Kier molecular flexibility index (Phi) is 3.44. The highest BCUT2D eigenvalue weighted by molar-refractivity contribution is 7.99. The Morgan fingerprint density at radius 3 is 2.71 bits per heavy atom. The molecule has 3 rings (SSSR count). The lowest BCUT2D eigenvalue weighted by Crippen LogP contribution is -2.16. The number of hydrogen-bond acceptors (Lipinski definition) is 5. The number of rotatable bonds is 3. The van der Waals surface area contributed by atoms with Crippen LogP contribution in [-0.2, 0) is 6.18 Å². The molecule has 0 radical (unpaired) electrons. The lowest BCUT2D eigenvalue weighted by Gasteiger charge is -2.07. The van der Waals surface area contributed by atoms with Crippen molar-refractivity contribution in [2.24, 2.45) is 0 Å². The summed E-state index contributed by atoms with van der Waals surface area (Å²) in [5, 5.41) is 5.98. The van der Waals surface area contributed by atoms with Crippen molar-refractivity contribution in [3.63, 3.8) is 0 Å². The minimum atomic E-state index is -4.69. The number of aromatic nitrogens is 5. The van der Waals surface area contributed by atoms with Gasteiger partial charge in [-0.2, -0.15) is 13.2 Å². The van der Waals surface area contributed by atoms with E-state index in [4.69, 9.17) is 11.6 Å². The predicted molar refractivity (Wildman–Crippen MR) is 67.3 cm³/mol. The molecule has 1 aliphatic rings. The molecule has 112 valence electrons. The van der Waals surface area contributed by atoms with Gasteiger partial charge in [-0.3, -0.25) is 4.57 Å². The van der Waals surface area contributed by atoms with Crippen molar-refractivity contribution in [1.29, 1.82) is 0 Å². The highest BCUT2D eigenvalue weighted by Crippen LogP contribution is 2.38. The van der Waals surface area contributed by atoms with Crippen LogP contribution in [0.15, 0.2) is 21.0 Å². The zero-order chi connectivity index (χ0) is 15.2. The second kappa shape index (κ2) is 5.02. The van der Waals surface area contributed by atoms with Gasteiger partial charge in [0.2, 0.25) is 5.82 Å². The first-order valence-corrected chi connectivity index (χ1v) is 7.00. The van der Waals surface area contributed by atoms with Crippen molar-refractivity contribution < 1.29 is 13.2 Å². The Hall–Kier alpha value is -1.55. The van der Waals surface area contributed by atoms with Crippen LogP contribution in [0.1, 0.15) is 24.7 Å². The third kappa shape index (κ3) is 3.05. The molecular formula is C10H7ClF3N5OS. The van der Waals surface area contributed by atoms with E-state index in [-0.39, 0.29) is 21.4 Å². The summed E-state index contributed by atoms with van der Waals surface area (Å²) in [6.45, 7) is 0. The second-order valence-electron chi connectivity index (χ2n) is 4.36. The molecule has 11 heteroatoms. The summed E-state index contributed by atoms with van der Waals surface area (Å²) in [6, 6.07) is 1.23. The van der Waals surface area contributed by atoms with E-state index in [1.165, 1.54) is 10.6 Å². The SMILES string of the molecule is O=c1[nH]nc(Sc2cc(Cl)nc(C(F)(F)F)n2)n1C1CC1. The van der Waals surface area contributed by atoms with Gasteiger partial charge in [0.15, 0.2) is 5.16 Å². The summed E-state index contributed by atoms with van der Waals surface area (Å²) in [4.78, 5) is 18.1. The standard InChI is InChI=1S/C10H7ClF3N5OS/c11-5-3-6(16-7(15-5)10(12,13)14)21-9-18-17-8(20)19(9)4-1-2-4/h3-4H,1-2H2,(H,17,20). The third-order valence-corrected chi connectivity index (χ3v) is 3.79. The van der Waals surface area contributed by atoms with Gasteiger partial charge in [-0.15, -0.1) is 5.10 Å². The Morgan fingerprint density at radius 1 is 1.38 bits per heavy atom. The smallest absolute Gasteiger partial charge is 0.267 e. The fraction of sp³-hybridized carbons (Fsp3) is 0.400. The van der Waals surface area contributed by atoms with Crippen LogP contribution in [0.25, 0.3) is 0 Å². The Balaban J connectivity index is 1.95. The number of nitrogens with one attached hydrogen (secondary N) is 1. The van der Waals surface area contributed by atoms with E-state index < -0.39 is 17.7 Å². The Labute approximate surface area is 124 Å². The van der Waals surface area contributed by atoms with Crippen molar-refractivity contribution in [2.75, 3.05) is 0 Å². The van der Waals surface area contributed by atoms with Crippen LogP contribution in [0.4, 0.5) is 13.2 Å². The zero-order valence-corrected chi connectivity index (χ0v) is 11.8. The highest BCUT2D eigenvalue weighted by atomic mass is 35.5. The molecule has 1 saturated carbocycles. The maximum absolute atomic E-state index is 12.6. The zero-order valence-electron chi connectivity index (χ0n) is 10.2. The van der Waals surface area contributed by atoms with Gasteiger partial charge in [-0.1, -0.05) is 11.6 Å². The molecule has 0 spiro atoms. The Morgan fingerprint density at radius 2 is 2.10 bits per heavy atom. The molecule has 0 aliphatic heterocycles. The van der Waals surface area contributed by atoms with Crippen LogP contribution in [-0.4, -0.2) is 24.7 Å². The molecule has 0 atom stereocenters. The molecule has 2 heterocycles. The summed E-state index contributed by atoms with van der Waals surface area (Å²) in [6.07, 6.45) is -3.02. The molecule has 1 N–H and O–H groups in total. The van der Waals surface area contributed by atoms with E-state index in [0.29, 0.717) is 0 Å². The van der Waals surface area contributed by atoms with Gasteiger partial charge in [0, 0.05) is 12.1 Å². The van der Waals surface area contributed by atoms with Gasteiger partial charge in [0.05, 0.1) is 0 Å². The van der Waals surface area contributed by atoms with Gasteiger partial charge < -0.3 is 0 Å². The number of hydrogen-bond donors (Lipinski definition) is 1. The fourth-order valence-corrected chi connectivity index (χ4v) is 2.85. The molecule has 0 bridgehead atoms. The van der Waals surface area contributed by atoms with Crippen LogP contribution in [0.2, 0.25) is 5.15 Å². The Bertz CT molecular complexity index is 739. The van der Waals surface area contributed by atoms with Crippen LogP contribution < -0.4 is 5.69 Å². The molecule has 0 aromatic carbocycles. The molecular weight excluding hydrogens is 331 g/mol. The lowest BCUT2D eigenvalue weighted by atomic mass is 10.5. The van der Waals surface area contributed by atoms with E-state index in [1.54, 1.807) is 0 Å². The molecule has 2 aromatic heterocycles. The molecule has 6 nitrogen and oxygen atoms in total. The minimum Gasteiger partial charge on any atom is -0.267 e. The number of H-pyrrole nitrogens is 1. The van der Waals surface area contributed by atoms with Gasteiger partial charge in [-0.05, 0) is 24.6 Å². The summed E-state index contributed by atoms with van der Waals surface area (Å²) < 4.78 is 39.3. The van der Waals surface area contributed by atoms with Crippen molar-refractivity contribution in [3.8, 4) is 0 Å². The van der Waals surface area contributed by atoms with E-state index in [9.17, 15) is 18.0 Å². The number of halogens is 4. The minimum absolute atomic E-state index is 0.0248. The maximum atomic E-state index is 12.6. The van der Waals surface area contributed by atoms with Crippen molar-refractivity contribution in [1.82, 2.24) is 24.7 Å². The number of aromatic amines is 1. The van der Waals surface area contributed by atoms with Crippen LogP contribution in [0.3, 0.4) is 0 Å². The highest BCUT2D eigenvalue weighted by Gasteiger charge is 2.36. The van der Waals surface area contributed by atoms with Gasteiger partial charge in [0.25, 0.3) is 0 Å². The first kappa shape index (κ1) is 14.4. The molecule has 0 saturated heterocycles. The van der Waals surface area contributed by atoms with E-state index in [1.807, 2.05) is 0 Å². The van der Waals surface area contributed by atoms with E-state index in [2.05, 4.69) is 20.2 Å². The monoisotopic (exact) mass is 337 g/mol. The van der Waals surface area contributed by atoms with E-state index >= 15 is 0 Å². The topological polar surface area (TPSA) is 76.5 Å². The number of alkyl halides is 3. The van der Waals surface area contributed by atoms with Crippen LogP contribution in [0.5, 0.6) is 0 Å². The van der Waals surface area contributed by atoms with Crippen molar-refractivity contribution in [3.05, 3.63) is 27.5 Å². The van der Waals surface area contributed by atoms with Crippen LogP contribution in [0, 0.1) is 0 Å². The first-order valence-electron chi connectivity index (χ1n) is 5.81. The third-order valence-electron chi connectivity index (χ3n) is 2.70. The largest absolute Gasteiger partial charge is 0.451 e. The van der Waals surface area contributed by atoms with Crippen molar-refractivity contribution in [2.45, 2.75) is 35.2 Å². The molecule has 21 heavy (non-hydrogen) atoms. The molecule has 0 unspecified atom stereocenters. The predicted octanol–water partition coefficient (Wildman–Crippen LogP) is 2.52. The average molecular weight is 338 g/mol. The fourth-order valence-electron chi connectivity index (χ4n) is 1.69. The summed E-state index contributed by atoms with van der Waals surface area (Å²) >= 11 is 6.41. The molecule has 0 amide bonds. The molecule has 1 aliphatic carbocycles. The van der Waals surface area contributed by atoms with Gasteiger partial charge >= 0.3 is 11.9 Å². The molecule has 2 aromatic rings. The van der Waals surface area contributed by atoms with Crippen molar-refractivity contribution >= 4 is 23.4 Å². The maximum Gasteiger partial charge on any atom is 0.451 e. The lowest BCUT2D eigenvalue weighted by molar-refractivity contribution is -0.145. The van der Waals surface area contributed by atoms with Crippen LogP contribution >= 0.6 is 23.4 Å². The summed E-state index contributed by atoms with van der Waals surface area (Å²) in [7, 11) is 0. The quantitative estimate of drug-likeness (QED) is 0.871. The normalized spacial score (nSPS) is 15.4. The summed E-state index contributed by atoms with van der Waals surface area (Å²) in [5.41, 5.74) is -0.392.